The van der Waals surface area contributed by atoms with Gasteiger partial charge in [-0.2, -0.15) is 0 Å². The van der Waals surface area contributed by atoms with E-state index in [1.165, 1.54) is 6.92 Å². The average Bonchev–Trinajstić information content (AvgIpc) is 2.48. The van der Waals surface area contributed by atoms with Crippen molar-refractivity contribution >= 4 is 33.4 Å². The Labute approximate surface area is 141 Å². The molecule has 0 bridgehead atoms. The van der Waals surface area contributed by atoms with Gasteiger partial charge < -0.3 is 9.80 Å². The maximum absolute atomic E-state index is 12.3. The van der Waals surface area contributed by atoms with Crippen LogP contribution in [0.2, 0.25) is 0 Å². The molecule has 0 fully saturated rings. The summed E-state index contributed by atoms with van der Waals surface area (Å²) in [5.41, 5.74) is 0.806. The Hall–Kier alpha value is -1.36. The van der Waals surface area contributed by atoms with Crippen molar-refractivity contribution in [2.24, 2.45) is 0 Å². The van der Waals surface area contributed by atoms with Crippen molar-refractivity contribution in [1.29, 1.82) is 0 Å². The van der Waals surface area contributed by atoms with Crippen LogP contribution in [0.15, 0.2) is 28.7 Å². The third-order valence-electron chi connectivity index (χ3n) is 3.41. The smallest absolute Gasteiger partial charge is 0.224 e. The third-order valence-corrected chi connectivity index (χ3v) is 4.08. The van der Waals surface area contributed by atoms with Crippen molar-refractivity contribution in [1.82, 2.24) is 4.90 Å². The Bertz CT molecular complexity index is 499. The average molecular weight is 369 g/mol. The van der Waals surface area contributed by atoms with E-state index in [1.54, 1.807) is 4.90 Å². The molecule has 4 nitrogen and oxygen atoms in total. The summed E-state index contributed by atoms with van der Waals surface area (Å²) < 4.78 is 0.858. The fourth-order valence-electron chi connectivity index (χ4n) is 2.38. The predicted molar refractivity (Wildman–Crippen MR) is 93.9 cm³/mol. The van der Waals surface area contributed by atoms with Crippen LogP contribution in [-0.2, 0) is 9.59 Å². The van der Waals surface area contributed by atoms with Crippen LogP contribution in [0, 0.1) is 0 Å². The van der Waals surface area contributed by atoms with Gasteiger partial charge in [0.2, 0.25) is 11.8 Å². The highest BCUT2D eigenvalue weighted by Gasteiger charge is 2.18. The Morgan fingerprint density at radius 2 is 1.64 bits per heavy atom. The number of benzene rings is 1. The summed E-state index contributed by atoms with van der Waals surface area (Å²) in [6.45, 7) is 7.63. The molecular formula is C17H25BrN2O2. The Balaban J connectivity index is 2.75. The molecule has 0 atom stereocenters. The van der Waals surface area contributed by atoms with Crippen LogP contribution in [0.25, 0.3) is 0 Å². The van der Waals surface area contributed by atoms with Gasteiger partial charge in [-0.25, -0.2) is 0 Å². The summed E-state index contributed by atoms with van der Waals surface area (Å²) >= 11 is 3.46. The highest BCUT2D eigenvalue weighted by Crippen LogP contribution is 2.26. The summed E-state index contributed by atoms with van der Waals surface area (Å²) in [4.78, 5) is 27.8. The molecule has 0 spiro atoms. The van der Waals surface area contributed by atoms with Gasteiger partial charge in [0, 0.05) is 37.5 Å². The molecule has 5 heteroatoms. The molecule has 0 aliphatic rings. The van der Waals surface area contributed by atoms with Crippen molar-refractivity contribution in [3.8, 4) is 0 Å². The normalized spacial score (nSPS) is 10.4. The fraction of sp³-hybridized carbons (Fsp3) is 0.529. The molecule has 1 aromatic carbocycles. The van der Waals surface area contributed by atoms with Crippen LogP contribution >= 0.6 is 15.9 Å². The number of hydrogen-bond acceptors (Lipinski definition) is 2. The number of carbonyl (C=O) groups is 2. The second kappa shape index (κ2) is 9.62. The largest absolute Gasteiger partial charge is 0.343 e. The maximum atomic E-state index is 12.3. The van der Waals surface area contributed by atoms with E-state index in [0.717, 1.165) is 36.1 Å². The van der Waals surface area contributed by atoms with Crippen molar-refractivity contribution in [2.45, 2.75) is 40.0 Å². The number of nitrogens with zero attached hydrogens (tertiary/aromatic N) is 2. The highest BCUT2D eigenvalue weighted by atomic mass is 79.9. The first-order valence-electron chi connectivity index (χ1n) is 7.81. The standard InChI is InChI=1S/C17H25BrN2O2/c1-4-11-19(12-5-2)17(22)10-13-20(14(3)21)16-9-7-6-8-15(16)18/h6-9H,4-5,10-13H2,1-3H3. The Morgan fingerprint density at radius 3 is 2.14 bits per heavy atom. The number of amides is 2. The van der Waals surface area contributed by atoms with Crippen LogP contribution in [0.3, 0.4) is 0 Å². The molecule has 0 aliphatic heterocycles. The minimum atomic E-state index is -0.0581. The molecule has 0 N–H and O–H groups in total. The van der Waals surface area contributed by atoms with Crippen LogP contribution in [-0.4, -0.2) is 36.3 Å². The van der Waals surface area contributed by atoms with Crippen molar-refractivity contribution < 1.29 is 9.59 Å². The van der Waals surface area contributed by atoms with Gasteiger partial charge in [0.1, 0.15) is 0 Å². The Morgan fingerprint density at radius 1 is 1.05 bits per heavy atom. The van der Waals surface area contributed by atoms with E-state index in [9.17, 15) is 9.59 Å². The number of halogens is 1. The van der Waals surface area contributed by atoms with Crippen molar-refractivity contribution in [3.05, 3.63) is 28.7 Å². The van der Waals surface area contributed by atoms with Crippen LogP contribution in [0.1, 0.15) is 40.0 Å². The molecule has 0 heterocycles. The molecule has 1 rings (SSSR count). The van der Waals surface area contributed by atoms with E-state index in [0.29, 0.717) is 13.0 Å². The van der Waals surface area contributed by atoms with Crippen molar-refractivity contribution in [3.63, 3.8) is 0 Å². The molecule has 0 saturated carbocycles. The lowest BCUT2D eigenvalue weighted by Gasteiger charge is -2.25. The molecule has 0 aromatic heterocycles. The summed E-state index contributed by atoms with van der Waals surface area (Å²) in [6.07, 6.45) is 2.25. The molecular weight excluding hydrogens is 344 g/mol. The van der Waals surface area contributed by atoms with Gasteiger partial charge in [-0.3, -0.25) is 9.59 Å². The molecule has 0 aliphatic carbocycles. The number of rotatable bonds is 8. The number of anilines is 1. The van der Waals surface area contributed by atoms with E-state index in [2.05, 4.69) is 29.8 Å². The summed E-state index contributed by atoms with van der Waals surface area (Å²) in [7, 11) is 0. The van der Waals surface area contributed by atoms with E-state index in [4.69, 9.17) is 0 Å². The molecule has 0 radical (unpaired) electrons. The van der Waals surface area contributed by atoms with Gasteiger partial charge in [-0.1, -0.05) is 26.0 Å². The fourth-order valence-corrected chi connectivity index (χ4v) is 2.88. The zero-order valence-electron chi connectivity index (χ0n) is 13.6. The zero-order valence-corrected chi connectivity index (χ0v) is 15.2. The molecule has 122 valence electrons. The van der Waals surface area contributed by atoms with Gasteiger partial charge >= 0.3 is 0 Å². The second-order valence-corrected chi connectivity index (χ2v) is 6.11. The van der Waals surface area contributed by atoms with Gasteiger partial charge in [0.25, 0.3) is 0 Å². The van der Waals surface area contributed by atoms with E-state index in [1.807, 2.05) is 29.2 Å². The maximum Gasteiger partial charge on any atom is 0.224 e. The van der Waals surface area contributed by atoms with Gasteiger partial charge in [0.15, 0.2) is 0 Å². The minimum Gasteiger partial charge on any atom is -0.343 e. The topological polar surface area (TPSA) is 40.6 Å². The number of hydrogen-bond donors (Lipinski definition) is 0. The van der Waals surface area contributed by atoms with Gasteiger partial charge in [-0.05, 0) is 40.9 Å². The second-order valence-electron chi connectivity index (χ2n) is 5.25. The van der Waals surface area contributed by atoms with Crippen LogP contribution in [0.4, 0.5) is 5.69 Å². The molecule has 0 saturated heterocycles. The first kappa shape index (κ1) is 18.7. The molecule has 0 unspecified atom stereocenters. The van der Waals surface area contributed by atoms with E-state index < -0.39 is 0 Å². The lowest BCUT2D eigenvalue weighted by atomic mass is 10.2. The van der Waals surface area contributed by atoms with E-state index in [-0.39, 0.29) is 11.8 Å². The van der Waals surface area contributed by atoms with Gasteiger partial charge in [0.05, 0.1) is 5.69 Å². The molecule has 2 amide bonds. The zero-order chi connectivity index (χ0) is 16.5. The van der Waals surface area contributed by atoms with Crippen molar-refractivity contribution in [2.75, 3.05) is 24.5 Å². The number of para-hydroxylation sites is 1. The third kappa shape index (κ3) is 5.44. The van der Waals surface area contributed by atoms with Gasteiger partial charge in [-0.15, -0.1) is 0 Å². The molecule has 1 aromatic rings. The quantitative estimate of drug-likeness (QED) is 0.699. The first-order valence-corrected chi connectivity index (χ1v) is 8.60. The SMILES string of the molecule is CCCN(CCC)C(=O)CCN(C(C)=O)c1ccccc1Br. The summed E-state index contributed by atoms with van der Waals surface area (Å²) in [5, 5.41) is 0. The molecule has 22 heavy (non-hydrogen) atoms. The summed E-state index contributed by atoms with van der Waals surface area (Å²) in [5.74, 6) is 0.0548. The van der Waals surface area contributed by atoms with Crippen LogP contribution in [0.5, 0.6) is 0 Å². The lowest BCUT2D eigenvalue weighted by molar-refractivity contribution is -0.131. The lowest BCUT2D eigenvalue weighted by Crippen LogP contribution is -2.37. The predicted octanol–water partition coefficient (Wildman–Crippen LogP) is 3.84. The Kier molecular flexibility index (Phi) is 8.17. The highest BCUT2D eigenvalue weighted by molar-refractivity contribution is 9.10. The minimum absolute atomic E-state index is 0.0581. The first-order chi connectivity index (χ1) is 10.5. The number of carbonyl (C=O) groups excluding carboxylic acids is 2. The van der Waals surface area contributed by atoms with Crippen LogP contribution < -0.4 is 4.90 Å². The monoisotopic (exact) mass is 368 g/mol. The van der Waals surface area contributed by atoms with E-state index >= 15 is 0 Å². The summed E-state index contributed by atoms with van der Waals surface area (Å²) in [6, 6.07) is 7.57.